The number of carbonyl (C=O) groups is 4. The number of esters is 1. The number of hydrogen-bond donors (Lipinski definition) is 2. The maximum absolute atomic E-state index is 14.9. The Bertz CT molecular complexity index is 1560. The van der Waals surface area contributed by atoms with Crippen molar-refractivity contribution in [2.45, 2.75) is 56.6 Å². The monoisotopic (exact) mass is 647 g/mol. The highest BCUT2D eigenvalue weighted by Gasteiger charge is 2.74. The van der Waals surface area contributed by atoms with Gasteiger partial charge in [-0.05, 0) is 30.0 Å². The summed E-state index contributed by atoms with van der Waals surface area (Å²) in [6.07, 6.45) is 6.04. The molecule has 2 aromatic rings. The summed E-state index contributed by atoms with van der Waals surface area (Å²) in [4.78, 5) is 59.3. The van der Waals surface area contributed by atoms with Gasteiger partial charge in [0.15, 0.2) is 0 Å². The molecule has 2 aromatic carbocycles. The Labute approximate surface area is 273 Å². The maximum atomic E-state index is 14.9. The first kappa shape index (κ1) is 32.0. The topological polar surface area (TPSA) is 125 Å². The molecule has 3 amide bonds. The summed E-state index contributed by atoms with van der Waals surface area (Å²) in [6.45, 7) is 3.49. The minimum Gasteiger partial charge on any atom is -0.455 e. The number of likely N-dealkylation sites (tertiary alicyclic amines) is 1. The van der Waals surface area contributed by atoms with Gasteiger partial charge in [-0.25, -0.2) is 0 Å². The van der Waals surface area contributed by atoms with Gasteiger partial charge < -0.3 is 29.7 Å². The number of fused-ring (bicyclic) bond motifs is 2. The lowest BCUT2D eigenvalue weighted by Crippen LogP contribution is -2.59. The van der Waals surface area contributed by atoms with Crippen molar-refractivity contribution >= 4 is 41.0 Å². The molecule has 4 heterocycles. The van der Waals surface area contributed by atoms with Gasteiger partial charge in [-0.3, -0.25) is 19.2 Å². The number of aliphatic hydroxyl groups is 1. The highest BCUT2D eigenvalue weighted by molar-refractivity contribution is 6.34. The van der Waals surface area contributed by atoms with Gasteiger partial charge in [0.1, 0.15) is 23.7 Å². The first-order valence-corrected chi connectivity index (χ1v) is 16.1. The number of carbonyl (C=O) groups excluding carboxylic acids is 4. The molecule has 1 spiro atoms. The largest absolute Gasteiger partial charge is 0.455 e. The van der Waals surface area contributed by atoms with Crippen LogP contribution in [0.5, 0.6) is 0 Å². The Morgan fingerprint density at radius 3 is 2.48 bits per heavy atom. The number of amides is 3. The second-order valence-corrected chi connectivity index (χ2v) is 12.9. The van der Waals surface area contributed by atoms with Gasteiger partial charge in [0.05, 0.1) is 41.9 Å². The number of aliphatic hydroxyl groups excluding tert-OH is 1. The van der Waals surface area contributed by atoms with Gasteiger partial charge in [0, 0.05) is 13.0 Å². The fraction of sp³-hybridized carbons (Fsp3) is 0.429. The van der Waals surface area contributed by atoms with E-state index in [4.69, 9.17) is 21.1 Å². The second-order valence-electron chi connectivity index (χ2n) is 12.5. The summed E-state index contributed by atoms with van der Waals surface area (Å²) in [7, 11) is 0. The van der Waals surface area contributed by atoms with E-state index in [0.29, 0.717) is 22.7 Å². The number of anilines is 1. The number of para-hydroxylation sites is 1. The van der Waals surface area contributed by atoms with Crippen LogP contribution in [-0.2, 0) is 28.7 Å². The van der Waals surface area contributed by atoms with E-state index >= 15 is 0 Å². The fourth-order valence-corrected chi connectivity index (χ4v) is 7.42. The first-order chi connectivity index (χ1) is 22.2. The molecular weight excluding hydrogens is 610 g/mol. The van der Waals surface area contributed by atoms with Gasteiger partial charge in [0.25, 0.3) is 5.91 Å². The van der Waals surface area contributed by atoms with Crippen LogP contribution < -0.4 is 10.2 Å². The number of hydrogen-bond acceptors (Lipinski definition) is 7. The molecule has 2 saturated heterocycles. The van der Waals surface area contributed by atoms with E-state index < -0.39 is 59.5 Å². The third-order valence-electron chi connectivity index (χ3n) is 9.45. The molecule has 4 aliphatic rings. The van der Waals surface area contributed by atoms with Crippen molar-refractivity contribution in [2.24, 2.45) is 17.8 Å². The summed E-state index contributed by atoms with van der Waals surface area (Å²) >= 11 is 6.62. The summed E-state index contributed by atoms with van der Waals surface area (Å²) in [5, 5.41) is 13.8. The van der Waals surface area contributed by atoms with Gasteiger partial charge in [-0.2, -0.15) is 0 Å². The molecule has 46 heavy (non-hydrogen) atoms. The molecule has 11 heteroatoms. The number of benzene rings is 2. The average molecular weight is 648 g/mol. The number of nitrogens with zero attached hydrogens (tertiary/aromatic N) is 2. The van der Waals surface area contributed by atoms with Crippen LogP contribution in [0.4, 0.5) is 5.69 Å². The standard InChI is InChI=1S/C35H38ClN3O7/c1-21(2)25(20-40)39-31-33(43)38(24-14-9-8-13-23(24)36)18-10-4-7-15-28(41)37-19-27(22-11-5-3-6-12-22)45-34(44)29-26-16-17-35(31,46-26)30(29)32(39)42/h3-6,8-14,16-17,21,25-27,29-31,40H,7,15,18-20H2,1-2H3,(H,37,41)/b10-4-/t25-,26-,27-,29+,30+,31-,35+/m0/s1. The van der Waals surface area contributed by atoms with Crippen LogP contribution in [0.2, 0.25) is 5.02 Å². The number of halogens is 1. The molecule has 0 saturated carbocycles. The summed E-state index contributed by atoms with van der Waals surface area (Å²) in [5.41, 5.74) is -0.352. The van der Waals surface area contributed by atoms with Crippen LogP contribution in [0.15, 0.2) is 78.9 Å². The first-order valence-electron chi connectivity index (χ1n) is 15.7. The predicted molar refractivity (Wildman–Crippen MR) is 171 cm³/mol. The van der Waals surface area contributed by atoms with E-state index in [0.717, 1.165) is 0 Å². The van der Waals surface area contributed by atoms with Crippen LogP contribution in [-0.4, -0.2) is 77.2 Å². The summed E-state index contributed by atoms with van der Waals surface area (Å²) in [5.74, 6) is -4.13. The van der Waals surface area contributed by atoms with Gasteiger partial charge in [-0.1, -0.05) is 92.2 Å². The Kier molecular flexibility index (Phi) is 9.05. The second kappa shape index (κ2) is 13.0. The molecule has 5 bridgehead atoms. The van der Waals surface area contributed by atoms with Crippen molar-refractivity contribution < 1.29 is 33.8 Å². The Morgan fingerprint density at radius 1 is 1.02 bits per heavy atom. The Balaban J connectivity index is 1.47. The lowest BCUT2D eigenvalue weighted by atomic mass is 9.74. The van der Waals surface area contributed by atoms with Gasteiger partial charge in [-0.15, -0.1) is 0 Å². The molecule has 0 radical (unpaired) electrons. The normalized spacial score (nSPS) is 31.2. The van der Waals surface area contributed by atoms with E-state index in [2.05, 4.69) is 5.32 Å². The van der Waals surface area contributed by atoms with E-state index in [1.807, 2.05) is 50.3 Å². The quantitative estimate of drug-likeness (QED) is 0.375. The van der Waals surface area contributed by atoms with E-state index in [-0.39, 0.29) is 37.9 Å². The Morgan fingerprint density at radius 2 is 1.76 bits per heavy atom. The zero-order valence-electron chi connectivity index (χ0n) is 25.8. The average Bonchev–Trinajstić information content (AvgIpc) is 3.69. The molecule has 2 fully saturated rings. The van der Waals surface area contributed by atoms with Crippen molar-refractivity contribution in [3.8, 4) is 0 Å². The number of rotatable bonds is 5. The van der Waals surface area contributed by atoms with Crippen LogP contribution in [0, 0.1) is 17.8 Å². The van der Waals surface area contributed by atoms with E-state index in [1.54, 1.807) is 42.5 Å². The van der Waals surface area contributed by atoms with Crippen LogP contribution in [0.3, 0.4) is 0 Å². The SMILES string of the molecule is CC(C)[C@H](CO)N1C(=O)[C@H]2[C@@H]3C(=O)O[C@H](c4ccccc4)CNC(=O)CC/C=C\CN(c4ccccc4Cl)C(=O)[C@H]1[C@@]21C=C[C@@H]3O1. The van der Waals surface area contributed by atoms with Crippen LogP contribution in [0.1, 0.15) is 38.4 Å². The number of allylic oxidation sites excluding steroid dienone is 1. The number of cyclic esters (lactones) is 1. The van der Waals surface area contributed by atoms with E-state index in [9.17, 15) is 24.3 Å². The molecular formula is C35H38ClN3O7. The molecule has 6 rings (SSSR count). The number of nitrogens with one attached hydrogen (secondary N) is 1. The Hall–Kier alpha value is -3.99. The van der Waals surface area contributed by atoms with Crippen molar-refractivity contribution in [3.05, 3.63) is 89.5 Å². The molecule has 7 atom stereocenters. The minimum absolute atomic E-state index is 0.0452. The minimum atomic E-state index is -1.47. The summed E-state index contributed by atoms with van der Waals surface area (Å²) in [6, 6.07) is 14.1. The summed E-state index contributed by atoms with van der Waals surface area (Å²) < 4.78 is 12.6. The zero-order chi connectivity index (χ0) is 32.6. The molecule has 4 aliphatic heterocycles. The lowest BCUT2D eigenvalue weighted by molar-refractivity contribution is -0.160. The molecule has 2 N–H and O–H groups in total. The third-order valence-corrected chi connectivity index (χ3v) is 9.77. The molecule has 10 nitrogen and oxygen atoms in total. The molecule has 242 valence electrons. The molecule has 0 unspecified atom stereocenters. The highest BCUT2D eigenvalue weighted by atomic mass is 35.5. The van der Waals surface area contributed by atoms with E-state index in [1.165, 1.54) is 9.80 Å². The van der Waals surface area contributed by atoms with Gasteiger partial charge >= 0.3 is 5.97 Å². The number of ether oxygens (including phenoxy) is 2. The zero-order valence-corrected chi connectivity index (χ0v) is 26.5. The smallest absolute Gasteiger partial charge is 0.313 e. The third kappa shape index (κ3) is 5.52. The maximum Gasteiger partial charge on any atom is 0.313 e. The lowest BCUT2D eigenvalue weighted by Gasteiger charge is -2.40. The van der Waals surface area contributed by atoms with Crippen LogP contribution >= 0.6 is 11.6 Å². The van der Waals surface area contributed by atoms with Crippen molar-refractivity contribution in [2.75, 3.05) is 24.6 Å². The molecule has 0 aliphatic carbocycles. The highest BCUT2D eigenvalue weighted by Crippen LogP contribution is 2.56. The van der Waals surface area contributed by atoms with Crippen molar-refractivity contribution in [1.82, 2.24) is 10.2 Å². The van der Waals surface area contributed by atoms with Crippen LogP contribution in [0.25, 0.3) is 0 Å². The van der Waals surface area contributed by atoms with Crippen molar-refractivity contribution in [3.63, 3.8) is 0 Å². The van der Waals surface area contributed by atoms with Gasteiger partial charge in [0.2, 0.25) is 11.8 Å². The fourth-order valence-electron chi connectivity index (χ4n) is 7.18. The predicted octanol–water partition coefficient (Wildman–Crippen LogP) is 3.59. The van der Waals surface area contributed by atoms with Crippen molar-refractivity contribution in [1.29, 1.82) is 0 Å². The molecule has 0 aromatic heterocycles.